The largest absolute Gasteiger partial charge is 0.481 e. The summed E-state index contributed by atoms with van der Waals surface area (Å²) in [5.74, 6) is -1.40. The summed E-state index contributed by atoms with van der Waals surface area (Å²) < 4.78 is 61.9. The van der Waals surface area contributed by atoms with Gasteiger partial charge in [0.2, 0.25) is 11.8 Å². The van der Waals surface area contributed by atoms with Crippen LogP contribution in [-0.2, 0) is 55.5 Å². The van der Waals surface area contributed by atoms with Gasteiger partial charge >= 0.3 is 23.5 Å². The third kappa shape index (κ3) is 14.5. The molecule has 1 aliphatic heterocycles. The van der Waals surface area contributed by atoms with Crippen LogP contribution >= 0.6 is 35.2 Å². The maximum absolute atomic E-state index is 12.7. The second-order valence-electron chi connectivity index (χ2n) is 12.6. The summed E-state index contributed by atoms with van der Waals surface area (Å²) in [5.41, 5.74) is 4.20. The van der Waals surface area contributed by atoms with Crippen LogP contribution in [0.1, 0.15) is 39.3 Å². The molecule has 30 heteroatoms. The molecule has 0 saturated carbocycles. The second-order valence-corrected chi connectivity index (χ2v) is 17.9. The molecular formula is C26H42N7O19P3S. The van der Waals surface area contributed by atoms with Crippen molar-refractivity contribution in [2.45, 2.75) is 69.9 Å². The van der Waals surface area contributed by atoms with Crippen LogP contribution in [0.25, 0.3) is 11.2 Å². The molecule has 1 aliphatic rings. The summed E-state index contributed by atoms with van der Waals surface area (Å²) in [6.45, 7) is 0.211. The number of nitrogens with one attached hydrogen (secondary N) is 2. The lowest BCUT2D eigenvalue weighted by Gasteiger charge is -2.30. The molecule has 56 heavy (non-hydrogen) atoms. The van der Waals surface area contributed by atoms with E-state index in [-0.39, 0.29) is 60.2 Å². The van der Waals surface area contributed by atoms with Crippen molar-refractivity contribution >= 4 is 75.4 Å². The van der Waals surface area contributed by atoms with E-state index in [2.05, 4.69) is 34.4 Å². The number of phosphoric ester groups is 3. The molecule has 3 heterocycles. The number of carbonyl (C=O) groups is 4. The number of nitrogens with two attached hydrogens (primary N) is 1. The monoisotopic (exact) mass is 881 g/mol. The van der Waals surface area contributed by atoms with Crippen molar-refractivity contribution in [3.63, 3.8) is 0 Å². The third-order valence-corrected chi connectivity index (χ3v) is 11.5. The molecule has 0 radical (unpaired) electrons. The van der Waals surface area contributed by atoms with Crippen molar-refractivity contribution < 1.29 is 90.4 Å². The van der Waals surface area contributed by atoms with E-state index in [1.54, 1.807) is 0 Å². The number of nitrogen functional groups attached to an aromatic ring is 1. The highest BCUT2D eigenvalue weighted by molar-refractivity contribution is 8.13. The Hall–Kier alpha value is -2.81. The Kier molecular flexibility index (Phi) is 17.2. The second kappa shape index (κ2) is 20.2. The van der Waals surface area contributed by atoms with Gasteiger partial charge in [-0.05, 0) is 0 Å². The number of thioether (sulfide) groups is 1. The van der Waals surface area contributed by atoms with Crippen LogP contribution in [0, 0.1) is 5.41 Å². The summed E-state index contributed by atoms with van der Waals surface area (Å²) in [7, 11) is -16.4. The number of aldehydes is 1. The highest BCUT2D eigenvalue weighted by atomic mass is 32.2. The van der Waals surface area contributed by atoms with Crippen molar-refractivity contribution in [1.82, 2.24) is 30.2 Å². The van der Waals surface area contributed by atoms with Gasteiger partial charge in [0.15, 0.2) is 22.8 Å². The van der Waals surface area contributed by atoms with Gasteiger partial charge in [-0.1, -0.05) is 25.6 Å². The number of aliphatic hydroxyl groups is 3. The fourth-order valence-electron chi connectivity index (χ4n) is 4.74. The summed E-state index contributed by atoms with van der Waals surface area (Å²) in [6, 6.07) is 0. The molecule has 316 valence electrons. The average Bonchev–Trinajstić information content (AvgIpc) is 3.64. The fourth-order valence-corrected chi connectivity index (χ4v) is 8.31. The Bertz CT molecular complexity index is 1850. The van der Waals surface area contributed by atoms with Crippen LogP contribution in [0.4, 0.5) is 5.82 Å². The number of hydrogen-bond donors (Lipinski definition) is 10. The number of aromatic nitrogens is 4. The maximum atomic E-state index is 12.7. The number of rotatable bonds is 23. The number of carbonyl (C=O) groups excluding carboxylic acids is 4. The van der Waals surface area contributed by atoms with E-state index < -0.39 is 90.7 Å². The lowest BCUT2D eigenvalue weighted by molar-refractivity contribution is -0.137. The predicted molar refractivity (Wildman–Crippen MR) is 188 cm³/mol. The highest BCUT2D eigenvalue weighted by Gasteiger charge is 2.50. The number of phosphoric acid groups is 3. The van der Waals surface area contributed by atoms with Crippen LogP contribution in [0.3, 0.4) is 0 Å². The third-order valence-electron chi connectivity index (χ3n) is 7.54. The van der Waals surface area contributed by atoms with E-state index in [4.69, 9.17) is 19.5 Å². The van der Waals surface area contributed by atoms with Gasteiger partial charge < -0.3 is 60.8 Å². The molecule has 2 aromatic rings. The average molecular weight is 882 g/mol. The number of anilines is 1. The molecule has 8 atom stereocenters. The first-order valence-corrected chi connectivity index (χ1v) is 21.6. The number of amides is 2. The van der Waals surface area contributed by atoms with Gasteiger partial charge in [0, 0.05) is 43.5 Å². The lowest BCUT2D eigenvalue weighted by atomic mass is 9.87. The van der Waals surface area contributed by atoms with Gasteiger partial charge in [-0.15, -0.1) is 0 Å². The zero-order valence-corrected chi connectivity index (χ0v) is 33.0. The molecule has 0 spiro atoms. The minimum atomic E-state index is -5.59. The zero-order valence-electron chi connectivity index (χ0n) is 29.5. The van der Waals surface area contributed by atoms with Gasteiger partial charge in [-0.3, -0.25) is 32.5 Å². The summed E-state index contributed by atoms with van der Waals surface area (Å²) in [6.07, 6.45) is -8.08. The summed E-state index contributed by atoms with van der Waals surface area (Å²) >= 11 is 0.848. The quantitative estimate of drug-likeness (QED) is 0.0328. The van der Waals surface area contributed by atoms with E-state index in [0.717, 1.165) is 29.0 Å². The van der Waals surface area contributed by atoms with Crippen LogP contribution in [0.15, 0.2) is 12.7 Å². The van der Waals surface area contributed by atoms with E-state index in [0.29, 0.717) is 6.29 Å². The smallest absolute Gasteiger partial charge is 0.392 e. The van der Waals surface area contributed by atoms with E-state index in [1.807, 2.05) is 0 Å². The highest BCUT2D eigenvalue weighted by Crippen LogP contribution is 2.61. The number of nitrogens with zero attached hydrogens (tertiary/aromatic N) is 4. The molecule has 11 N–H and O–H groups in total. The molecule has 0 aliphatic carbocycles. The first-order chi connectivity index (χ1) is 25.9. The Morgan fingerprint density at radius 3 is 2.41 bits per heavy atom. The number of fused-ring (bicyclic) bond motifs is 1. The molecule has 0 aromatic carbocycles. The minimum absolute atomic E-state index is 0.0198. The SMILES string of the molecule is CC(C)(COP(=O)(O)OP(=O)(O)OC[C@H]1O[C@@H](n2cnc3c(N)ncnc32)[C@H](O)[C@@H]1OP(=O)(O)O)[C@@H](O)C(=O)NCCC(=O)NCCSC(=O)CC(O)CC=O. The number of hydrogen-bond acceptors (Lipinski definition) is 20. The summed E-state index contributed by atoms with van der Waals surface area (Å²) in [5, 5.41) is 35.3. The van der Waals surface area contributed by atoms with Crippen molar-refractivity contribution in [3.8, 4) is 0 Å². The van der Waals surface area contributed by atoms with Gasteiger partial charge in [0.1, 0.15) is 42.5 Å². The molecule has 2 amide bonds. The van der Waals surface area contributed by atoms with Crippen molar-refractivity contribution in [2.24, 2.45) is 5.41 Å². The molecular weight excluding hydrogens is 839 g/mol. The van der Waals surface area contributed by atoms with Crippen molar-refractivity contribution in [2.75, 3.05) is 37.8 Å². The molecule has 26 nitrogen and oxygen atoms in total. The Labute approximate surface area is 321 Å². The Morgan fingerprint density at radius 2 is 1.75 bits per heavy atom. The maximum Gasteiger partial charge on any atom is 0.481 e. The predicted octanol–water partition coefficient (Wildman–Crippen LogP) is -2.00. The topological polar surface area (TPSA) is 401 Å². The molecule has 0 bridgehead atoms. The van der Waals surface area contributed by atoms with Crippen molar-refractivity contribution in [3.05, 3.63) is 12.7 Å². The Morgan fingerprint density at radius 1 is 1.07 bits per heavy atom. The Balaban J connectivity index is 1.48. The first-order valence-electron chi connectivity index (χ1n) is 16.1. The standard InChI is InChI=1S/C26H42N7O19P3S/c1-26(2,21(39)24(40)29-5-3-16(36)28-6-8-56-17(37)9-14(35)4-7-34)11-49-55(46,47)52-54(44,45)48-10-15-20(51-53(41,42)43)19(38)25(50-15)33-13-32-18-22(27)30-12-31-23(18)33/h7,12-15,19-21,25,35,38-39H,3-6,8-11H2,1-2H3,(H,28,36)(H,29,40)(H,44,45)(H,46,47)(H2,27,30,31)(H2,41,42,43)/t14?,15-,19-,20-,21+,25-/m1/s1. The van der Waals surface area contributed by atoms with Gasteiger partial charge in [0.05, 0.1) is 25.6 Å². The van der Waals surface area contributed by atoms with Crippen LogP contribution in [-0.4, -0.2) is 140 Å². The van der Waals surface area contributed by atoms with E-state index in [9.17, 15) is 67.8 Å². The zero-order chi connectivity index (χ0) is 42.1. The van der Waals surface area contributed by atoms with Gasteiger partial charge in [-0.2, -0.15) is 4.31 Å². The van der Waals surface area contributed by atoms with Crippen LogP contribution < -0.4 is 16.4 Å². The normalized spacial score (nSPS) is 22.2. The lowest BCUT2D eigenvalue weighted by Crippen LogP contribution is -2.46. The van der Waals surface area contributed by atoms with Gasteiger partial charge in [0.25, 0.3) is 0 Å². The van der Waals surface area contributed by atoms with Crippen LogP contribution in [0.2, 0.25) is 0 Å². The molecule has 2 aromatic heterocycles. The fraction of sp³-hybridized carbons (Fsp3) is 0.654. The van der Waals surface area contributed by atoms with Crippen LogP contribution in [0.5, 0.6) is 0 Å². The van der Waals surface area contributed by atoms with E-state index >= 15 is 0 Å². The summed E-state index contributed by atoms with van der Waals surface area (Å²) in [4.78, 5) is 97.5. The molecule has 3 unspecified atom stereocenters. The van der Waals surface area contributed by atoms with Crippen molar-refractivity contribution in [1.29, 1.82) is 0 Å². The number of ether oxygens (including phenoxy) is 1. The van der Waals surface area contributed by atoms with E-state index in [1.165, 1.54) is 13.8 Å². The minimum Gasteiger partial charge on any atom is -0.392 e. The number of imidazole rings is 1. The molecule has 1 saturated heterocycles. The van der Waals surface area contributed by atoms with Gasteiger partial charge in [-0.25, -0.2) is 28.6 Å². The number of aliphatic hydroxyl groups excluding tert-OH is 3. The first kappa shape index (κ1) is 47.6. The molecule has 1 fully saturated rings. The molecule has 3 rings (SSSR count).